The topological polar surface area (TPSA) is 70.2 Å². The van der Waals surface area contributed by atoms with Crippen molar-refractivity contribution in [1.82, 2.24) is 14.1 Å². The molecule has 1 atom stereocenters. The van der Waals surface area contributed by atoms with Crippen LogP contribution in [-0.4, -0.2) is 28.4 Å². The molecule has 0 saturated carbocycles. The molecule has 0 fully saturated rings. The second-order valence-electron chi connectivity index (χ2n) is 8.66. The maximum absolute atomic E-state index is 13.0. The molecule has 6 nitrogen and oxygen atoms in total. The fraction of sp³-hybridized carbons (Fsp3) is 0.571. The van der Waals surface area contributed by atoms with Gasteiger partial charge in [-0.2, -0.15) is 22.5 Å². The van der Waals surface area contributed by atoms with Gasteiger partial charge in [0.25, 0.3) is 0 Å². The number of amides is 1. The fourth-order valence-electron chi connectivity index (χ4n) is 3.34. The Bertz CT molecular complexity index is 892. The van der Waals surface area contributed by atoms with Gasteiger partial charge in [-0.3, -0.25) is 4.79 Å². The van der Waals surface area contributed by atoms with Gasteiger partial charge in [-0.15, -0.1) is 0 Å². The molecule has 0 saturated heterocycles. The molecule has 0 aliphatic rings. The van der Waals surface area contributed by atoms with Gasteiger partial charge in [-0.05, 0) is 35.4 Å². The Kier molecular flexibility index (Phi) is 9.20. The van der Waals surface area contributed by atoms with E-state index in [-0.39, 0.29) is 23.4 Å². The van der Waals surface area contributed by atoms with Crippen molar-refractivity contribution in [1.29, 1.82) is 0 Å². The van der Waals surface area contributed by atoms with E-state index in [1.807, 2.05) is 25.1 Å². The van der Waals surface area contributed by atoms with Crippen molar-refractivity contribution in [2.24, 2.45) is 11.8 Å². The summed E-state index contributed by atoms with van der Waals surface area (Å²) in [6.07, 6.45) is -4.36. The molecule has 1 heterocycles. The molecule has 0 radical (unpaired) electrons. The third-order valence-electron chi connectivity index (χ3n) is 4.64. The van der Waals surface area contributed by atoms with Gasteiger partial charge in [-0.25, -0.2) is 0 Å². The molecule has 2 N–H and O–H groups in total. The van der Waals surface area contributed by atoms with E-state index in [4.69, 9.17) is 0 Å². The molecule has 178 valence electrons. The van der Waals surface area contributed by atoms with Crippen molar-refractivity contribution >= 4 is 46.8 Å². The Morgan fingerprint density at radius 1 is 1.16 bits per heavy atom. The molecule has 0 bridgehead atoms. The Hall–Kier alpha value is -2.01. The van der Waals surface area contributed by atoms with E-state index in [1.165, 1.54) is 0 Å². The number of aromatic nitrogens is 2. The van der Waals surface area contributed by atoms with Crippen LogP contribution in [0.3, 0.4) is 0 Å². The smallest absolute Gasteiger partial charge is 0.369 e. The summed E-state index contributed by atoms with van der Waals surface area (Å²) in [6.45, 7) is 12.0. The van der Waals surface area contributed by atoms with E-state index in [0.29, 0.717) is 29.1 Å². The number of anilines is 3. The molecule has 1 aromatic heterocycles. The quantitative estimate of drug-likeness (QED) is 0.364. The van der Waals surface area contributed by atoms with Crippen LogP contribution in [0.25, 0.3) is 0 Å². The fourth-order valence-corrected chi connectivity index (χ4v) is 4.03. The Labute approximate surface area is 196 Å². The average molecular weight is 490 g/mol. The molecule has 0 aliphatic carbocycles. The van der Waals surface area contributed by atoms with Gasteiger partial charge in [0.2, 0.25) is 16.9 Å². The molecular weight excluding hydrogens is 459 g/mol. The molecule has 0 aliphatic heterocycles. The van der Waals surface area contributed by atoms with Gasteiger partial charge < -0.3 is 14.9 Å². The van der Waals surface area contributed by atoms with Crippen LogP contribution in [0.5, 0.6) is 0 Å². The second kappa shape index (κ2) is 11.2. The highest BCUT2D eigenvalue weighted by atomic mass is 32.1. The third kappa shape index (κ3) is 7.54. The van der Waals surface area contributed by atoms with Gasteiger partial charge in [0.05, 0.1) is 11.4 Å². The molecule has 11 heteroatoms. The number of alkyl halides is 3. The maximum Gasteiger partial charge on any atom is 0.452 e. The monoisotopic (exact) mass is 489 g/mol. The van der Waals surface area contributed by atoms with Gasteiger partial charge in [0.15, 0.2) is 0 Å². The van der Waals surface area contributed by atoms with Crippen molar-refractivity contribution in [2.75, 3.05) is 23.3 Å². The highest BCUT2D eigenvalue weighted by molar-refractivity contribution is 7.78. The molecule has 32 heavy (non-hydrogen) atoms. The molecule has 0 spiro atoms. The van der Waals surface area contributed by atoms with Crippen LogP contribution in [0.15, 0.2) is 18.2 Å². The lowest BCUT2D eigenvalue weighted by Crippen LogP contribution is -2.31. The number of nitrogens with one attached hydrogen (secondary N) is 2. The number of thiol groups is 1. The van der Waals surface area contributed by atoms with Crippen molar-refractivity contribution in [2.45, 2.75) is 53.1 Å². The first kappa shape index (κ1) is 26.2. The predicted octanol–water partition coefficient (Wildman–Crippen LogP) is 5.87. The molecular formula is C21H30F3N5OS2. The third-order valence-corrected chi connectivity index (χ3v) is 5.52. The number of benzene rings is 1. The summed E-state index contributed by atoms with van der Waals surface area (Å²) in [6, 6.07) is 5.77. The number of hydrogen-bond acceptors (Lipinski definition) is 7. The number of rotatable bonds is 10. The number of carbonyl (C=O) groups excluding carboxylic acids is 1. The van der Waals surface area contributed by atoms with Crippen molar-refractivity contribution < 1.29 is 18.0 Å². The van der Waals surface area contributed by atoms with Crippen LogP contribution in [0.1, 0.15) is 58.3 Å². The van der Waals surface area contributed by atoms with E-state index in [2.05, 4.69) is 64.8 Å². The lowest BCUT2D eigenvalue weighted by Gasteiger charge is -2.31. The molecule has 1 unspecified atom stereocenters. The summed E-state index contributed by atoms with van der Waals surface area (Å²) in [5, 5.41) is 3.10. The summed E-state index contributed by atoms with van der Waals surface area (Å²) >= 11 is 4.46. The second-order valence-corrected chi connectivity index (χ2v) is 9.63. The highest BCUT2D eigenvalue weighted by Crippen LogP contribution is 2.36. The Balaban J connectivity index is 2.47. The molecule has 2 rings (SSSR count). The summed E-state index contributed by atoms with van der Waals surface area (Å²) in [5.74, 6) is -0.710. The normalized spacial score (nSPS) is 12.8. The molecule has 1 amide bonds. The van der Waals surface area contributed by atoms with Crippen LogP contribution < -0.4 is 14.9 Å². The predicted molar refractivity (Wildman–Crippen MR) is 127 cm³/mol. The maximum atomic E-state index is 13.0. The minimum atomic E-state index is -4.60. The lowest BCUT2D eigenvalue weighted by atomic mass is 9.96. The number of halogens is 3. The van der Waals surface area contributed by atoms with Gasteiger partial charge >= 0.3 is 6.18 Å². The van der Waals surface area contributed by atoms with Crippen LogP contribution in [0, 0.1) is 11.8 Å². The van der Waals surface area contributed by atoms with Crippen molar-refractivity contribution in [3.8, 4) is 0 Å². The highest BCUT2D eigenvalue weighted by Gasteiger charge is 2.36. The van der Waals surface area contributed by atoms with Crippen LogP contribution in [0.2, 0.25) is 0 Å². The van der Waals surface area contributed by atoms with E-state index in [0.717, 1.165) is 24.3 Å². The summed E-state index contributed by atoms with van der Waals surface area (Å²) < 4.78 is 44.6. The van der Waals surface area contributed by atoms with E-state index in [1.54, 1.807) is 0 Å². The SMILES string of the molecule is CC(C)CN(CC(C)C)c1ccc(C(C)CC(=O)NS)cc1Nc1nc(C(F)(F)F)ns1. The minimum Gasteiger partial charge on any atom is -0.369 e. The molecule has 2 aromatic rings. The largest absolute Gasteiger partial charge is 0.452 e. The van der Waals surface area contributed by atoms with E-state index >= 15 is 0 Å². The Morgan fingerprint density at radius 3 is 2.28 bits per heavy atom. The summed E-state index contributed by atoms with van der Waals surface area (Å²) in [7, 11) is 0. The zero-order chi connectivity index (χ0) is 24.1. The first-order chi connectivity index (χ1) is 14.9. The lowest BCUT2D eigenvalue weighted by molar-refractivity contribution is -0.144. The zero-order valence-electron chi connectivity index (χ0n) is 18.8. The first-order valence-corrected chi connectivity index (χ1v) is 11.6. The van der Waals surface area contributed by atoms with Crippen LogP contribution in [0.4, 0.5) is 29.7 Å². The van der Waals surface area contributed by atoms with Gasteiger partial charge in [0.1, 0.15) is 0 Å². The first-order valence-electron chi connectivity index (χ1n) is 10.4. The van der Waals surface area contributed by atoms with Gasteiger partial charge in [-0.1, -0.05) is 53.5 Å². The summed E-state index contributed by atoms with van der Waals surface area (Å²) in [4.78, 5) is 17.6. The van der Waals surface area contributed by atoms with E-state index < -0.39 is 12.0 Å². The zero-order valence-corrected chi connectivity index (χ0v) is 20.5. The number of hydrogen-bond donors (Lipinski definition) is 3. The Morgan fingerprint density at radius 2 is 1.78 bits per heavy atom. The van der Waals surface area contributed by atoms with E-state index in [9.17, 15) is 18.0 Å². The van der Waals surface area contributed by atoms with Crippen molar-refractivity contribution in [3.05, 3.63) is 29.6 Å². The minimum absolute atomic E-state index is 0.0607. The standard InChI is InChI=1S/C21H30F3N5OS2/c1-12(2)10-29(11-13(3)4)17-7-6-15(14(5)8-18(30)27-31)9-16(17)25-20-26-19(28-32-20)21(22,23)24/h6-7,9,12-14,31H,8,10-11H2,1-5H3,(H,27,30)(H,25,26,28). The average Bonchev–Trinajstić information content (AvgIpc) is 3.15. The number of nitrogens with zero attached hydrogens (tertiary/aromatic N) is 3. The molecule has 1 aromatic carbocycles. The number of carbonyl (C=O) groups is 1. The van der Waals surface area contributed by atoms with Crippen molar-refractivity contribution in [3.63, 3.8) is 0 Å². The van der Waals surface area contributed by atoms with Crippen LogP contribution >= 0.6 is 24.3 Å². The summed E-state index contributed by atoms with van der Waals surface area (Å²) in [5.41, 5.74) is 2.38. The van der Waals surface area contributed by atoms with Gasteiger partial charge in [0, 0.05) is 31.0 Å². The van der Waals surface area contributed by atoms with Crippen LogP contribution in [-0.2, 0) is 11.0 Å².